The number of furan rings is 1. The molecule has 1 fully saturated rings. The van der Waals surface area contributed by atoms with E-state index in [-0.39, 0.29) is 23.7 Å². The van der Waals surface area contributed by atoms with Crippen LogP contribution in [0.5, 0.6) is 0 Å². The number of primary amides is 1. The molecule has 3 rings (SSSR count). The number of pyridine rings is 1. The van der Waals surface area contributed by atoms with Crippen LogP contribution in [-0.2, 0) is 14.3 Å². The first-order chi connectivity index (χ1) is 12.1. The maximum Gasteiger partial charge on any atom is 0.322 e. The van der Waals surface area contributed by atoms with Crippen LogP contribution in [-0.4, -0.2) is 55.7 Å². The average molecular weight is 382 g/mol. The summed E-state index contributed by atoms with van der Waals surface area (Å²) in [7, 11) is -3.60. The Morgan fingerprint density at radius 1 is 1.42 bits per heavy atom. The van der Waals surface area contributed by atoms with Crippen molar-refractivity contribution in [1.29, 1.82) is 0 Å². The quantitative estimate of drug-likeness (QED) is 0.744. The van der Waals surface area contributed by atoms with E-state index in [1.165, 1.54) is 4.90 Å². The van der Waals surface area contributed by atoms with Crippen LogP contribution in [0.2, 0.25) is 0 Å². The smallest absolute Gasteiger partial charge is 0.322 e. The summed E-state index contributed by atoms with van der Waals surface area (Å²) in [5, 5.41) is 3.05. The number of nitrogens with two attached hydrogens (primary N) is 1. The summed E-state index contributed by atoms with van der Waals surface area (Å²) in [5.74, 6) is -1.04. The fraction of sp³-hybridized carbons (Fsp3) is 0.400. The van der Waals surface area contributed by atoms with Crippen molar-refractivity contribution in [1.82, 2.24) is 9.88 Å². The number of aryl methyl sites for hydroxylation is 1. The van der Waals surface area contributed by atoms with Gasteiger partial charge in [-0.1, -0.05) is 0 Å². The lowest BCUT2D eigenvalue weighted by Gasteiger charge is -2.17. The molecule has 140 valence electrons. The molecule has 0 spiro atoms. The van der Waals surface area contributed by atoms with Crippen LogP contribution in [0.4, 0.5) is 10.5 Å². The monoisotopic (exact) mass is 382 g/mol. The maximum absolute atomic E-state index is 12.5. The van der Waals surface area contributed by atoms with Crippen LogP contribution in [0.15, 0.2) is 16.5 Å². The van der Waals surface area contributed by atoms with Gasteiger partial charge in [0, 0.05) is 12.2 Å². The summed E-state index contributed by atoms with van der Waals surface area (Å²) in [6.45, 7) is 2.18. The molecule has 0 saturated carbocycles. The SMILES string of the molecule is Cc1ccc2c(NC(=O)N3CC[C@H](OS(C)(=O)=O)C3)c(C(N)=O)oc2n1. The normalized spacial score (nSPS) is 17.6. The van der Waals surface area contributed by atoms with Crippen molar-refractivity contribution in [2.75, 3.05) is 24.7 Å². The second-order valence-corrected chi connectivity index (χ2v) is 7.66. The van der Waals surface area contributed by atoms with E-state index in [0.29, 0.717) is 24.0 Å². The number of rotatable bonds is 4. The summed E-state index contributed by atoms with van der Waals surface area (Å²) in [5.41, 5.74) is 6.33. The third-order valence-electron chi connectivity index (χ3n) is 3.89. The maximum atomic E-state index is 12.5. The van der Waals surface area contributed by atoms with Gasteiger partial charge < -0.3 is 20.4 Å². The van der Waals surface area contributed by atoms with Gasteiger partial charge in [-0.15, -0.1) is 0 Å². The standard InChI is InChI=1S/C15H18N4O6S/c1-8-3-4-10-11(12(13(16)20)24-14(10)17-8)18-15(21)19-6-5-9(7-19)25-26(2,22)23/h3-4,9H,5-7H2,1-2H3,(H2,16,20)(H,18,21)/t9-/m0/s1. The Morgan fingerprint density at radius 3 is 2.81 bits per heavy atom. The fourth-order valence-corrected chi connectivity index (χ4v) is 3.44. The molecule has 0 bridgehead atoms. The highest BCUT2D eigenvalue weighted by Gasteiger charge is 2.31. The second-order valence-electron chi connectivity index (χ2n) is 6.06. The van der Waals surface area contributed by atoms with Crippen molar-refractivity contribution in [3.8, 4) is 0 Å². The molecule has 3 heterocycles. The Balaban J connectivity index is 1.81. The summed E-state index contributed by atoms with van der Waals surface area (Å²) in [6, 6.07) is 2.86. The van der Waals surface area contributed by atoms with E-state index in [4.69, 9.17) is 14.3 Å². The van der Waals surface area contributed by atoms with Crippen LogP contribution in [0.1, 0.15) is 22.7 Å². The van der Waals surface area contributed by atoms with E-state index in [1.807, 2.05) is 0 Å². The van der Waals surface area contributed by atoms with Gasteiger partial charge in [-0.05, 0) is 25.5 Å². The van der Waals surface area contributed by atoms with E-state index in [1.54, 1.807) is 19.1 Å². The molecular formula is C15H18N4O6S. The van der Waals surface area contributed by atoms with Crippen molar-refractivity contribution in [3.63, 3.8) is 0 Å². The van der Waals surface area contributed by atoms with E-state index >= 15 is 0 Å². The van der Waals surface area contributed by atoms with Gasteiger partial charge in [0.25, 0.3) is 16.0 Å². The first-order valence-electron chi connectivity index (χ1n) is 7.78. The zero-order valence-corrected chi connectivity index (χ0v) is 15.0. The minimum absolute atomic E-state index is 0.109. The molecule has 26 heavy (non-hydrogen) atoms. The Hall–Kier alpha value is -2.66. The van der Waals surface area contributed by atoms with Crippen molar-refractivity contribution >= 4 is 38.8 Å². The zero-order valence-electron chi connectivity index (χ0n) is 14.2. The van der Waals surface area contributed by atoms with Gasteiger partial charge in [-0.3, -0.25) is 8.98 Å². The minimum atomic E-state index is -3.60. The topological polar surface area (TPSA) is 145 Å². The van der Waals surface area contributed by atoms with E-state index in [2.05, 4.69) is 10.3 Å². The number of aromatic nitrogens is 1. The van der Waals surface area contributed by atoms with Crippen molar-refractivity contribution in [2.45, 2.75) is 19.4 Å². The van der Waals surface area contributed by atoms with Crippen molar-refractivity contribution in [2.24, 2.45) is 5.73 Å². The molecule has 1 aliphatic rings. The summed E-state index contributed by atoms with van der Waals surface area (Å²) in [6.07, 6.45) is 0.745. The molecule has 3 amide bonds. The number of fused-ring (bicyclic) bond motifs is 1. The zero-order chi connectivity index (χ0) is 19.1. The predicted molar refractivity (Wildman–Crippen MR) is 92.2 cm³/mol. The average Bonchev–Trinajstić information content (AvgIpc) is 3.10. The largest absolute Gasteiger partial charge is 0.430 e. The van der Waals surface area contributed by atoms with Gasteiger partial charge in [0.15, 0.2) is 0 Å². The Morgan fingerprint density at radius 2 is 2.15 bits per heavy atom. The number of carbonyl (C=O) groups is 2. The molecular weight excluding hydrogens is 364 g/mol. The lowest BCUT2D eigenvalue weighted by molar-refractivity contribution is 0.0976. The molecule has 0 unspecified atom stereocenters. The van der Waals surface area contributed by atoms with Gasteiger partial charge in [0.05, 0.1) is 24.3 Å². The summed E-state index contributed by atoms with van der Waals surface area (Å²) >= 11 is 0. The van der Waals surface area contributed by atoms with Crippen LogP contribution in [0.3, 0.4) is 0 Å². The summed E-state index contributed by atoms with van der Waals surface area (Å²) in [4.78, 5) is 29.7. The molecule has 0 aliphatic carbocycles. The van der Waals surface area contributed by atoms with E-state index in [0.717, 1.165) is 6.26 Å². The number of likely N-dealkylation sites (tertiary alicyclic amines) is 1. The minimum Gasteiger partial charge on any atom is -0.430 e. The molecule has 1 aliphatic heterocycles. The molecule has 0 radical (unpaired) electrons. The predicted octanol–water partition coefficient (Wildman–Crippen LogP) is 0.818. The highest BCUT2D eigenvalue weighted by atomic mass is 32.2. The first kappa shape index (κ1) is 18.1. The Bertz CT molecular complexity index is 983. The van der Waals surface area contributed by atoms with Gasteiger partial charge in [0.1, 0.15) is 5.69 Å². The molecule has 2 aromatic heterocycles. The number of nitrogens with zero attached hydrogens (tertiary/aromatic N) is 2. The number of carbonyl (C=O) groups excluding carboxylic acids is 2. The number of anilines is 1. The molecule has 1 atom stereocenters. The molecule has 2 aromatic rings. The number of urea groups is 1. The highest BCUT2D eigenvalue weighted by molar-refractivity contribution is 7.86. The van der Waals surface area contributed by atoms with Crippen LogP contribution in [0, 0.1) is 6.92 Å². The second kappa shape index (κ2) is 6.57. The van der Waals surface area contributed by atoms with Gasteiger partial charge >= 0.3 is 6.03 Å². The Kier molecular flexibility index (Phi) is 4.59. The molecule has 10 nitrogen and oxygen atoms in total. The van der Waals surface area contributed by atoms with E-state index in [9.17, 15) is 18.0 Å². The van der Waals surface area contributed by atoms with Gasteiger partial charge in [-0.2, -0.15) is 8.42 Å². The fourth-order valence-electron chi connectivity index (χ4n) is 2.79. The number of amides is 3. The van der Waals surface area contributed by atoms with Gasteiger partial charge in [-0.25, -0.2) is 9.78 Å². The van der Waals surface area contributed by atoms with Crippen molar-refractivity contribution < 1.29 is 26.6 Å². The van der Waals surface area contributed by atoms with Crippen LogP contribution < -0.4 is 11.1 Å². The van der Waals surface area contributed by atoms with Crippen molar-refractivity contribution in [3.05, 3.63) is 23.6 Å². The van der Waals surface area contributed by atoms with E-state index < -0.39 is 28.2 Å². The lowest BCUT2D eigenvalue weighted by Crippen LogP contribution is -2.34. The summed E-state index contributed by atoms with van der Waals surface area (Å²) < 4.78 is 32.7. The molecule has 0 aromatic carbocycles. The number of hydrogen-bond acceptors (Lipinski definition) is 7. The highest BCUT2D eigenvalue weighted by Crippen LogP contribution is 2.30. The first-order valence-corrected chi connectivity index (χ1v) is 9.60. The number of hydrogen-bond donors (Lipinski definition) is 2. The molecule has 3 N–H and O–H groups in total. The number of nitrogens with one attached hydrogen (secondary N) is 1. The lowest BCUT2D eigenvalue weighted by atomic mass is 10.2. The Labute approximate surface area is 149 Å². The molecule has 11 heteroatoms. The van der Waals surface area contributed by atoms with Crippen LogP contribution >= 0.6 is 0 Å². The third kappa shape index (κ3) is 3.78. The van der Waals surface area contributed by atoms with Gasteiger partial charge in [0.2, 0.25) is 11.5 Å². The third-order valence-corrected chi connectivity index (χ3v) is 4.52. The van der Waals surface area contributed by atoms with Crippen LogP contribution in [0.25, 0.3) is 11.1 Å². The molecule has 1 saturated heterocycles.